The Balaban J connectivity index is 1.22. The van der Waals surface area contributed by atoms with Gasteiger partial charge in [-0.15, -0.1) is 0 Å². The van der Waals surface area contributed by atoms with Crippen LogP contribution in [0, 0.1) is 17.8 Å². The van der Waals surface area contributed by atoms with Crippen LogP contribution >= 0.6 is 0 Å². The van der Waals surface area contributed by atoms with Crippen LogP contribution in [0.1, 0.15) is 97.1 Å². The minimum atomic E-state index is -1.26. The van der Waals surface area contributed by atoms with Gasteiger partial charge in [-0.3, -0.25) is 4.79 Å². The molecule has 3 aliphatic heterocycles. The number of carbonyl (C=O) groups excluding carboxylic acids is 2. The Morgan fingerprint density at radius 2 is 1.66 bits per heavy atom. The molecule has 0 fully saturated rings. The quantitative estimate of drug-likeness (QED) is 0.0389. The first-order chi connectivity index (χ1) is 29.6. The van der Waals surface area contributed by atoms with Gasteiger partial charge in [-0.25, -0.2) is 9.59 Å². The summed E-state index contributed by atoms with van der Waals surface area (Å²) in [7, 11) is 0. The highest BCUT2D eigenvalue weighted by molar-refractivity contribution is 5.90. The fourth-order valence-electron chi connectivity index (χ4n) is 8.95. The number of hydrogen-bond acceptors (Lipinski definition) is 9. The van der Waals surface area contributed by atoms with Gasteiger partial charge < -0.3 is 28.5 Å². The molecule has 0 amide bonds. The number of aliphatic hydroxyl groups excluding tert-OH is 1. The summed E-state index contributed by atoms with van der Waals surface area (Å²) in [5, 5.41) is 9.70. The molecule has 8 rings (SSSR count). The average molecular weight is 821 g/mol. The zero-order valence-corrected chi connectivity index (χ0v) is 35.1. The Morgan fingerprint density at radius 1 is 0.836 bits per heavy atom. The molecular formula is C52H52O9. The summed E-state index contributed by atoms with van der Waals surface area (Å²) >= 11 is 0. The zero-order valence-electron chi connectivity index (χ0n) is 35.1. The summed E-state index contributed by atoms with van der Waals surface area (Å²) in [5.74, 6) is 6.02. The maximum Gasteiger partial charge on any atom is 0.339 e. The second kappa shape index (κ2) is 18.3. The van der Waals surface area contributed by atoms with Gasteiger partial charge in [0.05, 0.1) is 18.6 Å². The van der Waals surface area contributed by atoms with Crippen LogP contribution in [0.2, 0.25) is 0 Å². The van der Waals surface area contributed by atoms with Crippen molar-refractivity contribution in [2.45, 2.75) is 103 Å². The highest BCUT2D eigenvalue weighted by atomic mass is 16.6. The number of hydrogen-bond donors (Lipinski definition) is 1. The van der Waals surface area contributed by atoms with Crippen molar-refractivity contribution in [1.29, 1.82) is 0 Å². The molecule has 1 aromatic heterocycles. The van der Waals surface area contributed by atoms with Gasteiger partial charge in [0.2, 0.25) is 0 Å². The second-order valence-corrected chi connectivity index (χ2v) is 17.0. The van der Waals surface area contributed by atoms with Gasteiger partial charge in [-0.1, -0.05) is 90.2 Å². The highest BCUT2D eigenvalue weighted by Crippen LogP contribution is 2.48. The van der Waals surface area contributed by atoms with Crippen LogP contribution in [0.4, 0.5) is 0 Å². The maximum atomic E-state index is 14.6. The molecule has 4 aromatic carbocycles. The van der Waals surface area contributed by atoms with E-state index in [0.717, 1.165) is 41.5 Å². The minimum absolute atomic E-state index is 0.100. The number of carbonyl (C=O) groups is 2. The van der Waals surface area contributed by atoms with Crippen LogP contribution < -0.4 is 10.4 Å². The van der Waals surface area contributed by atoms with Crippen molar-refractivity contribution in [2.24, 2.45) is 5.92 Å². The van der Waals surface area contributed by atoms with Crippen molar-refractivity contribution in [1.82, 2.24) is 0 Å². The molecule has 4 heterocycles. The number of rotatable bonds is 9. The number of aryl methyl sites for hydroxylation is 2. The lowest BCUT2D eigenvalue weighted by Gasteiger charge is -2.44. The van der Waals surface area contributed by atoms with Crippen LogP contribution in [-0.2, 0) is 62.3 Å². The Morgan fingerprint density at radius 3 is 2.48 bits per heavy atom. The van der Waals surface area contributed by atoms with Crippen molar-refractivity contribution >= 4 is 22.9 Å². The molecular weight excluding hydrogens is 769 g/mol. The summed E-state index contributed by atoms with van der Waals surface area (Å²) in [6.45, 7) is 5.27. The molecule has 0 spiro atoms. The van der Waals surface area contributed by atoms with Crippen LogP contribution in [0.5, 0.6) is 5.75 Å². The van der Waals surface area contributed by atoms with E-state index < -0.39 is 42.2 Å². The molecule has 0 radical (unpaired) electrons. The molecule has 0 aliphatic carbocycles. The van der Waals surface area contributed by atoms with Crippen LogP contribution in [0.3, 0.4) is 0 Å². The first-order valence-electron chi connectivity index (χ1n) is 21.3. The van der Waals surface area contributed by atoms with E-state index in [1.807, 2.05) is 26.8 Å². The van der Waals surface area contributed by atoms with Crippen molar-refractivity contribution < 1.29 is 38.1 Å². The molecule has 5 bridgehead atoms. The minimum Gasteiger partial charge on any atom is -0.482 e. The molecule has 0 saturated heterocycles. The number of fused-ring (bicyclic) bond motifs is 7. The first-order valence-corrected chi connectivity index (χ1v) is 21.3. The third-order valence-corrected chi connectivity index (χ3v) is 12.3. The van der Waals surface area contributed by atoms with Crippen LogP contribution in [-0.4, -0.2) is 42.1 Å². The molecule has 0 unspecified atom stereocenters. The highest BCUT2D eigenvalue weighted by Gasteiger charge is 2.53. The predicted octanol–water partition coefficient (Wildman–Crippen LogP) is 8.65. The number of benzene rings is 4. The van der Waals surface area contributed by atoms with E-state index in [1.54, 1.807) is 18.2 Å². The maximum absolute atomic E-state index is 14.6. The largest absolute Gasteiger partial charge is 0.482 e. The SMILES string of the molecule is CC(C)=C1CCc2ccc3c(c2)CC#CC[C@]2(C)Oc4ccc5cc(CCOCO)c(=O)oc5c4[C@@H](OC(=O)C[C@H](CCc4cccc(Cc5ccccc5)c4)C3)[C@@H]2OC1=O. The number of esters is 2. The van der Waals surface area contributed by atoms with E-state index in [0.29, 0.717) is 53.5 Å². The molecule has 1 N–H and O–H groups in total. The normalized spacial score (nSPS) is 21.2. The fraction of sp³-hybridized carbons (Fsp3) is 0.365. The third-order valence-electron chi connectivity index (χ3n) is 12.3. The summed E-state index contributed by atoms with van der Waals surface area (Å²) in [6.07, 6.45) is 2.69. The van der Waals surface area contributed by atoms with Crippen molar-refractivity contribution in [2.75, 3.05) is 13.4 Å². The van der Waals surface area contributed by atoms with E-state index in [-0.39, 0.29) is 37.4 Å². The smallest absolute Gasteiger partial charge is 0.339 e. The Hall–Kier alpha value is -5.95. The summed E-state index contributed by atoms with van der Waals surface area (Å²) in [4.78, 5) is 42.5. The number of ether oxygens (including phenoxy) is 4. The Bertz CT molecular complexity index is 2590. The fourth-order valence-corrected chi connectivity index (χ4v) is 8.95. The first kappa shape index (κ1) is 41.8. The summed E-state index contributed by atoms with van der Waals surface area (Å²) in [6, 6.07) is 30.8. The Labute approximate surface area is 356 Å². The third kappa shape index (κ3) is 9.52. The van der Waals surface area contributed by atoms with Gasteiger partial charge >= 0.3 is 17.6 Å². The lowest BCUT2D eigenvalue weighted by atomic mass is 9.83. The van der Waals surface area contributed by atoms with Gasteiger partial charge in [-0.05, 0) is 117 Å². The van der Waals surface area contributed by atoms with E-state index in [2.05, 4.69) is 78.6 Å². The van der Waals surface area contributed by atoms with Crippen LogP contribution in [0.25, 0.3) is 11.0 Å². The molecule has 9 nitrogen and oxygen atoms in total. The zero-order chi connectivity index (χ0) is 42.5. The second-order valence-electron chi connectivity index (χ2n) is 17.0. The van der Waals surface area contributed by atoms with Gasteiger partial charge in [0.1, 0.15) is 18.1 Å². The number of allylic oxidation sites excluding steroid dienone is 1. The molecule has 5 aromatic rings. The molecule has 9 heteroatoms. The lowest BCUT2D eigenvalue weighted by Crippen LogP contribution is -2.54. The van der Waals surface area contributed by atoms with Gasteiger partial charge in [0, 0.05) is 35.8 Å². The van der Waals surface area contributed by atoms with E-state index >= 15 is 0 Å². The van der Waals surface area contributed by atoms with Gasteiger partial charge in [0.25, 0.3) is 0 Å². The van der Waals surface area contributed by atoms with Crippen molar-refractivity contribution in [3.8, 4) is 17.6 Å². The van der Waals surface area contributed by atoms with Gasteiger partial charge in [0.15, 0.2) is 17.8 Å². The Kier molecular flexibility index (Phi) is 12.6. The van der Waals surface area contributed by atoms with E-state index in [4.69, 9.17) is 28.5 Å². The average Bonchev–Trinajstić information content (AvgIpc) is 3.23. The summed E-state index contributed by atoms with van der Waals surface area (Å²) < 4.78 is 31.0. The lowest BCUT2D eigenvalue weighted by molar-refractivity contribution is -0.190. The monoisotopic (exact) mass is 820 g/mol. The molecule has 4 atom stereocenters. The van der Waals surface area contributed by atoms with Gasteiger partial charge in [-0.2, -0.15) is 0 Å². The standard InChI is InChI=1S/C52H52O9/c1-33(2)43-21-18-36-17-19-40-29-38(16-15-35-12-9-13-37(27-35)26-34-10-5-4-6-11-34)30-45(54)58-48-46-44(22-20-41-31-42(23-25-57-32-53)50(55)59-47(41)46)61-52(3,49(48)60-51(43)56)24-8-7-14-39(40)28-36/h4-6,9-13,17,19-20,22,27-28,31,38,48-49,53H,14-16,18,21,23-26,29-30,32H2,1-3H3/t38-,48-,49+,52+/m1/s1. The van der Waals surface area contributed by atoms with E-state index in [9.17, 15) is 14.4 Å². The number of aliphatic hydroxyl groups is 1. The molecule has 314 valence electrons. The van der Waals surface area contributed by atoms with E-state index in [1.165, 1.54) is 16.7 Å². The topological polar surface area (TPSA) is 122 Å². The molecule has 0 saturated carbocycles. The molecule has 3 aliphatic rings. The predicted molar refractivity (Wildman–Crippen MR) is 232 cm³/mol. The van der Waals surface area contributed by atoms with Crippen molar-refractivity contribution in [3.63, 3.8) is 0 Å². The van der Waals surface area contributed by atoms with Crippen molar-refractivity contribution in [3.05, 3.63) is 157 Å². The van der Waals surface area contributed by atoms with Crippen LogP contribution in [0.15, 0.2) is 111 Å². The molecule has 61 heavy (non-hydrogen) atoms. The summed E-state index contributed by atoms with van der Waals surface area (Å²) in [5.41, 5.74) is 7.39.